The van der Waals surface area contributed by atoms with Gasteiger partial charge in [0, 0.05) is 32.7 Å². The molecule has 0 bridgehead atoms. The van der Waals surface area contributed by atoms with E-state index in [1.165, 1.54) is 0 Å². The topological polar surface area (TPSA) is 35.9 Å². The molecule has 0 aromatic heterocycles. The summed E-state index contributed by atoms with van der Waals surface area (Å²) in [7, 11) is 0. The van der Waals surface area contributed by atoms with Crippen LogP contribution in [-0.4, -0.2) is 60.5 Å². The molecule has 1 aliphatic rings. The quantitative estimate of drug-likeness (QED) is 0.697. The van der Waals surface area contributed by atoms with Gasteiger partial charge in [-0.05, 0) is 13.3 Å². The summed E-state index contributed by atoms with van der Waals surface area (Å²) in [5, 5.41) is 11.5. The van der Waals surface area contributed by atoms with E-state index >= 15 is 0 Å². The summed E-state index contributed by atoms with van der Waals surface area (Å²) in [6.45, 7) is 9.46. The number of hydrogen-bond donors (Lipinski definition) is 1. The average Bonchev–Trinajstić information content (AvgIpc) is 2.21. The van der Waals surface area contributed by atoms with Crippen molar-refractivity contribution in [1.82, 2.24) is 9.96 Å². The van der Waals surface area contributed by atoms with Gasteiger partial charge < -0.3 is 5.11 Å². The zero-order valence-electron chi connectivity index (χ0n) is 9.28. The highest BCUT2D eigenvalue weighted by Gasteiger charge is 2.18. The summed E-state index contributed by atoms with van der Waals surface area (Å²) in [5.41, 5.74) is 0. The second-order valence-corrected chi connectivity index (χ2v) is 3.71. The van der Waals surface area contributed by atoms with Crippen molar-refractivity contribution < 1.29 is 9.94 Å². The molecule has 1 atom stereocenters. The van der Waals surface area contributed by atoms with Gasteiger partial charge in [0.1, 0.15) is 0 Å². The van der Waals surface area contributed by atoms with E-state index in [4.69, 9.17) is 4.84 Å². The molecule has 14 heavy (non-hydrogen) atoms. The first-order chi connectivity index (χ1) is 6.76. The van der Waals surface area contributed by atoms with Crippen LogP contribution in [-0.2, 0) is 4.84 Å². The van der Waals surface area contributed by atoms with Crippen molar-refractivity contribution >= 4 is 0 Å². The van der Waals surface area contributed by atoms with Crippen molar-refractivity contribution in [2.45, 2.75) is 26.4 Å². The number of rotatable bonds is 5. The minimum absolute atomic E-state index is 0.173. The van der Waals surface area contributed by atoms with Crippen LogP contribution in [0.2, 0.25) is 0 Å². The van der Waals surface area contributed by atoms with Crippen molar-refractivity contribution in [2.75, 3.05) is 39.3 Å². The fraction of sp³-hybridized carbons (Fsp3) is 1.00. The van der Waals surface area contributed by atoms with Crippen LogP contribution < -0.4 is 0 Å². The number of piperazine rings is 1. The maximum absolute atomic E-state index is 9.49. The van der Waals surface area contributed by atoms with Crippen LogP contribution >= 0.6 is 0 Å². The van der Waals surface area contributed by atoms with Gasteiger partial charge in [0.05, 0.1) is 12.7 Å². The van der Waals surface area contributed by atoms with Crippen molar-refractivity contribution in [3.05, 3.63) is 0 Å². The molecule has 1 unspecified atom stereocenters. The Kier molecular flexibility index (Phi) is 5.40. The Hall–Kier alpha value is -0.160. The molecule has 0 radical (unpaired) electrons. The van der Waals surface area contributed by atoms with Gasteiger partial charge in [-0.3, -0.25) is 9.74 Å². The molecule has 1 heterocycles. The Balaban J connectivity index is 2.15. The van der Waals surface area contributed by atoms with Crippen LogP contribution in [0.1, 0.15) is 20.3 Å². The minimum Gasteiger partial charge on any atom is -0.392 e. The third-order valence-corrected chi connectivity index (χ3v) is 2.58. The second-order valence-electron chi connectivity index (χ2n) is 3.71. The molecular formula is C10H22N2O2. The van der Waals surface area contributed by atoms with Crippen LogP contribution in [0.15, 0.2) is 0 Å². The number of hydroxylamine groups is 2. The monoisotopic (exact) mass is 202 g/mol. The predicted molar refractivity (Wildman–Crippen MR) is 55.9 cm³/mol. The standard InChI is InChI=1S/C10H22N2O2/c1-3-10(13)9-11-5-7-12(8-6-11)14-4-2/h10,13H,3-9H2,1-2H3. The molecule has 0 aromatic carbocycles. The van der Waals surface area contributed by atoms with Gasteiger partial charge in [-0.1, -0.05) is 6.92 Å². The van der Waals surface area contributed by atoms with Crippen LogP contribution in [0, 0.1) is 0 Å². The Bertz CT molecular complexity index is 147. The van der Waals surface area contributed by atoms with Crippen molar-refractivity contribution in [3.8, 4) is 0 Å². The number of nitrogens with zero attached hydrogens (tertiary/aromatic N) is 2. The van der Waals surface area contributed by atoms with Gasteiger partial charge in [0.2, 0.25) is 0 Å². The molecule has 84 valence electrons. The lowest BCUT2D eigenvalue weighted by atomic mass is 10.2. The van der Waals surface area contributed by atoms with Gasteiger partial charge in [-0.15, -0.1) is 0 Å². The number of aliphatic hydroxyl groups excluding tert-OH is 1. The summed E-state index contributed by atoms with van der Waals surface area (Å²) in [6, 6.07) is 0. The largest absolute Gasteiger partial charge is 0.392 e. The molecular weight excluding hydrogens is 180 g/mol. The van der Waals surface area contributed by atoms with Gasteiger partial charge in [-0.25, -0.2) is 0 Å². The summed E-state index contributed by atoms with van der Waals surface area (Å²) in [4.78, 5) is 7.70. The van der Waals surface area contributed by atoms with E-state index in [-0.39, 0.29) is 6.10 Å². The highest BCUT2D eigenvalue weighted by Crippen LogP contribution is 2.04. The Morgan fingerprint density at radius 1 is 1.21 bits per heavy atom. The molecule has 1 fully saturated rings. The predicted octanol–water partition coefficient (Wildman–Crippen LogP) is 0.326. The average molecular weight is 202 g/mol. The van der Waals surface area contributed by atoms with Crippen LogP contribution in [0.4, 0.5) is 0 Å². The third-order valence-electron chi connectivity index (χ3n) is 2.58. The molecule has 1 rings (SSSR count). The fourth-order valence-electron chi connectivity index (χ4n) is 1.65. The molecule has 4 nitrogen and oxygen atoms in total. The van der Waals surface area contributed by atoms with Crippen LogP contribution in [0.25, 0.3) is 0 Å². The SMILES string of the molecule is CCON1CCN(CC(O)CC)CC1. The van der Waals surface area contributed by atoms with E-state index in [2.05, 4.69) is 4.90 Å². The highest BCUT2D eigenvalue weighted by molar-refractivity contribution is 4.70. The lowest BCUT2D eigenvalue weighted by Crippen LogP contribution is -2.48. The molecule has 1 aliphatic heterocycles. The smallest absolute Gasteiger partial charge is 0.0664 e. The Labute approximate surface area is 86.4 Å². The number of hydrogen-bond acceptors (Lipinski definition) is 4. The third kappa shape index (κ3) is 3.92. The summed E-state index contributed by atoms with van der Waals surface area (Å²) < 4.78 is 0. The molecule has 1 N–H and O–H groups in total. The van der Waals surface area contributed by atoms with Gasteiger partial charge in [0.15, 0.2) is 0 Å². The summed E-state index contributed by atoms with van der Waals surface area (Å²) in [6.07, 6.45) is 0.666. The zero-order chi connectivity index (χ0) is 10.4. The van der Waals surface area contributed by atoms with Gasteiger partial charge >= 0.3 is 0 Å². The van der Waals surface area contributed by atoms with E-state index in [0.29, 0.717) is 0 Å². The first kappa shape index (κ1) is 11.9. The summed E-state index contributed by atoms with van der Waals surface area (Å²) in [5.74, 6) is 0. The summed E-state index contributed by atoms with van der Waals surface area (Å²) >= 11 is 0. The van der Waals surface area contributed by atoms with Gasteiger partial charge in [-0.2, -0.15) is 5.06 Å². The molecule has 0 saturated carbocycles. The molecule has 0 aromatic rings. The van der Waals surface area contributed by atoms with Crippen LogP contribution in [0.3, 0.4) is 0 Å². The Morgan fingerprint density at radius 3 is 2.36 bits per heavy atom. The zero-order valence-corrected chi connectivity index (χ0v) is 9.28. The van der Waals surface area contributed by atoms with E-state index in [9.17, 15) is 5.11 Å². The van der Waals surface area contributed by atoms with Crippen LogP contribution in [0.5, 0.6) is 0 Å². The first-order valence-corrected chi connectivity index (χ1v) is 5.54. The molecule has 4 heteroatoms. The number of aliphatic hydroxyl groups is 1. The van der Waals surface area contributed by atoms with Crippen molar-refractivity contribution in [2.24, 2.45) is 0 Å². The van der Waals surface area contributed by atoms with E-state index < -0.39 is 0 Å². The molecule has 0 spiro atoms. The normalized spacial score (nSPS) is 22.5. The molecule has 0 amide bonds. The van der Waals surface area contributed by atoms with Crippen molar-refractivity contribution in [1.29, 1.82) is 0 Å². The maximum Gasteiger partial charge on any atom is 0.0664 e. The highest BCUT2D eigenvalue weighted by atomic mass is 16.7. The fourth-order valence-corrected chi connectivity index (χ4v) is 1.65. The lowest BCUT2D eigenvalue weighted by molar-refractivity contribution is -0.173. The van der Waals surface area contributed by atoms with Crippen molar-refractivity contribution in [3.63, 3.8) is 0 Å². The van der Waals surface area contributed by atoms with E-state index in [0.717, 1.165) is 45.8 Å². The lowest BCUT2D eigenvalue weighted by Gasteiger charge is -2.34. The number of β-amino-alcohol motifs (C(OH)–C–C–N with tert-alkyl or cyclic N) is 1. The molecule has 1 saturated heterocycles. The van der Waals surface area contributed by atoms with Gasteiger partial charge in [0.25, 0.3) is 0 Å². The Morgan fingerprint density at radius 2 is 1.86 bits per heavy atom. The van der Waals surface area contributed by atoms with E-state index in [1.54, 1.807) is 0 Å². The second kappa shape index (κ2) is 6.35. The first-order valence-electron chi connectivity index (χ1n) is 5.54. The van der Waals surface area contributed by atoms with E-state index in [1.807, 2.05) is 18.9 Å². The molecule has 0 aliphatic carbocycles. The minimum atomic E-state index is -0.173. The maximum atomic E-state index is 9.49.